The van der Waals surface area contributed by atoms with Gasteiger partial charge in [-0.3, -0.25) is 13.9 Å². The number of nitrogen functional groups attached to an aromatic ring is 1. The number of carbonyl (C=O) groups excluding carboxylic acids is 1. The molecule has 4 rings (SSSR count). The van der Waals surface area contributed by atoms with Crippen molar-refractivity contribution in [3.8, 4) is 0 Å². The molecule has 0 aliphatic rings. The first-order valence-corrected chi connectivity index (χ1v) is 10.6. The lowest BCUT2D eigenvalue weighted by Gasteiger charge is -2.06. The Morgan fingerprint density at radius 3 is 2.57 bits per heavy atom. The molecular weight excluding hydrogens is 402 g/mol. The normalized spacial score (nSPS) is 11.4. The summed E-state index contributed by atoms with van der Waals surface area (Å²) in [6, 6.07) is 7.56. The predicted molar refractivity (Wildman–Crippen MR) is 118 cm³/mol. The summed E-state index contributed by atoms with van der Waals surface area (Å²) in [5.41, 5.74) is 8.69. The molecule has 0 saturated heterocycles. The molecule has 8 nitrogen and oxygen atoms in total. The van der Waals surface area contributed by atoms with Gasteiger partial charge in [-0.1, -0.05) is 12.1 Å². The van der Waals surface area contributed by atoms with Gasteiger partial charge in [0.05, 0.1) is 22.8 Å². The smallest absolute Gasteiger partial charge is 0.329 e. The third kappa shape index (κ3) is 3.45. The van der Waals surface area contributed by atoms with Crippen LogP contribution in [0.1, 0.15) is 29.6 Å². The van der Waals surface area contributed by atoms with E-state index in [1.165, 1.54) is 0 Å². The van der Waals surface area contributed by atoms with E-state index in [9.17, 15) is 9.59 Å². The van der Waals surface area contributed by atoms with Crippen LogP contribution in [0, 0.1) is 13.8 Å². The van der Waals surface area contributed by atoms with E-state index in [0.29, 0.717) is 18.2 Å². The Balaban J connectivity index is 1.45. The number of ether oxygens (including phenoxy) is 1. The maximum absolute atomic E-state index is 12.6. The fourth-order valence-electron chi connectivity index (χ4n) is 3.61. The maximum atomic E-state index is 12.6. The molecule has 0 bridgehead atoms. The van der Waals surface area contributed by atoms with Crippen molar-refractivity contribution in [1.82, 2.24) is 19.1 Å². The second-order valence-corrected chi connectivity index (χ2v) is 8.27. The molecule has 3 aromatic heterocycles. The number of esters is 1. The minimum atomic E-state index is -0.420. The van der Waals surface area contributed by atoms with Crippen molar-refractivity contribution in [2.75, 3.05) is 5.73 Å². The monoisotopic (exact) mass is 425 g/mol. The molecule has 2 N–H and O–H groups in total. The van der Waals surface area contributed by atoms with Crippen LogP contribution in [0.2, 0.25) is 0 Å². The highest BCUT2D eigenvalue weighted by Gasteiger charge is 2.15. The number of fused-ring (bicyclic) bond motifs is 2. The average molecular weight is 426 g/mol. The zero-order valence-corrected chi connectivity index (χ0v) is 18.0. The van der Waals surface area contributed by atoms with Crippen molar-refractivity contribution in [3.63, 3.8) is 0 Å². The second-order valence-electron chi connectivity index (χ2n) is 7.07. The highest BCUT2D eigenvalue weighted by Crippen LogP contribution is 2.31. The van der Waals surface area contributed by atoms with Crippen LogP contribution in [0.25, 0.3) is 21.3 Å². The standard InChI is InChI=1S/C21H23N5O3S/c1-4-25-14-7-5-6-8-15(14)26(21(25)28)10-9-17(27)29-11-16-23-19(22)18-12(2)13(3)30-20(18)24-16/h5-8H,4,9-11H2,1-3H3,(H2,22,23,24). The number of hydrogen-bond donors (Lipinski definition) is 1. The number of aryl methyl sites for hydroxylation is 4. The van der Waals surface area contributed by atoms with Gasteiger partial charge in [0.25, 0.3) is 0 Å². The molecule has 0 amide bonds. The third-order valence-electron chi connectivity index (χ3n) is 5.25. The number of benzene rings is 1. The van der Waals surface area contributed by atoms with Crippen LogP contribution < -0.4 is 11.4 Å². The van der Waals surface area contributed by atoms with Crippen molar-refractivity contribution in [2.24, 2.45) is 0 Å². The predicted octanol–water partition coefficient (Wildman–Crippen LogP) is 3.16. The van der Waals surface area contributed by atoms with E-state index in [4.69, 9.17) is 10.5 Å². The summed E-state index contributed by atoms with van der Waals surface area (Å²) < 4.78 is 8.64. The van der Waals surface area contributed by atoms with Gasteiger partial charge in [-0.05, 0) is 38.5 Å². The molecule has 30 heavy (non-hydrogen) atoms. The summed E-state index contributed by atoms with van der Waals surface area (Å²) in [4.78, 5) is 35.6. The van der Waals surface area contributed by atoms with Crippen molar-refractivity contribution >= 4 is 44.4 Å². The van der Waals surface area contributed by atoms with Crippen molar-refractivity contribution in [2.45, 2.75) is 46.9 Å². The molecule has 0 unspecified atom stereocenters. The zero-order chi connectivity index (χ0) is 21.4. The Hall–Kier alpha value is -3.20. The molecule has 3 heterocycles. The molecule has 0 fully saturated rings. The number of hydrogen-bond acceptors (Lipinski definition) is 7. The number of aromatic nitrogens is 4. The van der Waals surface area contributed by atoms with Gasteiger partial charge in [0.2, 0.25) is 0 Å². The first kappa shape index (κ1) is 20.1. The van der Waals surface area contributed by atoms with Crippen LogP contribution in [-0.4, -0.2) is 25.1 Å². The molecule has 156 valence electrons. The molecule has 1 aromatic carbocycles. The first-order valence-electron chi connectivity index (χ1n) is 9.76. The molecule has 0 atom stereocenters. The molecule has 4 aromatic rings. The summed E-state index contributed by atoms with van der Waals surface area (Å²) in [5.74, 6) is 0.345. The van der Waals surface area contributed by atoms with Crippen molar-refractivity contribution in [3.05, 3.63) is 51.0 Å². The molecule has 0 radical (unpaired) electrons. The van der Waals surface area contributed by atoms with Crippen molar-refractivity contribution in [1.29, 1.82) is 0 Å². The lowest BCUT2D eigenvalue weighted by molar-refractivity contribution is -0.145. The number of nitrogens with two attached hydrogens (primary N) is 1. The summed E-state index contributed by atoms with van der Waals surface area (Å²) in [6.45, 7) is 6.69. The molecule has 0 aliphatic heterocycles. The second kappa shape index (κ2) is 7.91. The summed E-state index contributed by atoms with van der Waals surface area (Å²) in [7, 11) is 0. The van der Waals surface area contributed by atoms with Gasteiger partial charge in [0, 0.05) is 18.0 Å². The summed E-state index contributed by atoms with van der Waals surface area (Å²) in [5, 5.41) is 0.860. The number of para-hydroxylation sites is 2. The summed E-state index contributed by atoms with van der Waals surface area (Å²) in [6.07, 6.45) is 0.0760. The topological polar surface area (TPSA) is 105 Å². The molecular formula is C21H23N5O3S. The van der Waals surface area contributed by atoms with E-state index in [1.807, 2.05) is 45.0 Å². The van der Waals surface area contributed by atoms with E-state index >= 15 is 0 Å². The first-order chi connectivity index (χ1) is 14.4. The minimum absolute atomic E-state index is 0.0550. The number of rotatable bonds is 6. The number of imidazole rings is 1. The lowest BCUT2D eigenvalue weighted by Crippen LogP contribution is -2.25. The van der Waals surface area contributed by atoms with Crippen LogP contribution in [0.4, 0.5) is 5.82 Å². The van der Waals surface area contributed by atoms with E-state index in [-0.39, 0.29) is 25.3 Å². The lowest BCUT2D eigenvalue weighted by atomic mass is 10.2. The molecule has 9 heteroatoms. The van der Waals surface area contributed by atoms with E-state index in [1.54, 1.807) is 20.5 Å². The fourth-order valence-corrected chi connectivity index (χ4v) is 4.66. The number of thiophene rings is 1. The van der Waals surface area contributed by atoms with Gasteiger partial charge in [-0.2, -0.15) is 0 Å². The Bertz CT molecular complexity index is 1320. The molecule has 0 spiro atoms. The van der Waals surface area contributed by atoms with E-state index in [0.717, 1.165) is 31.7 Å². The van der Waals surface area contributed by atoms with Gasteiger partial charge in [-0.15, -0.1) is 11.3 Å². The number of nitrogens with zero attached hydrogens (tertiary/aromatic N) is 4. The maximum Gasteiger partial charge on any atom is 0.329 e. The Morgan fingerprint density at radius 1 is 1.17 bits per heavy atom. The molecule has 0 aliphatic carbocycles. The largest absolute Gasteiger partial charge is 0.457 e. The zero-order valence-electron chi connectivity index (χ0n) is 17.1. The van der Waals surface area contributed by atoms with Gasteiger partial charge >= 0.3 is 11.7 Å². The minimum Gasteiger partial charge on any atom is -0.457 e. The highest BCUT2D eigenvalue weighted by molar-refractivity contribution is 7.18. The number of anilines is 1. The third-order valence-corrected chi connectivity index (χ3v) is 6.35. The van der Waals surface area contributed by atoms with Gasteiger partial charge in [0.15, 0.2) is 12.4 Å². The Kier molecular flexibility index (Phi) is 5.29. The van der Waals surface area contributed by atoms with Crippen molar-refractivity contribution < 1.29 is 9.53 Å². The van der Waals surface area contributed by atoms with Crippen LogP contribution >= 0.6 is 11.3 Å². The number of carbonyl (C=O) groups is 1. The quantitative estimate of drug-likeness (QED) is 0.476. The molecule has 0 saturated carbocycles. The van der Waals surface area contributed by atoms with Crippen LogP contribution in [0.5, 0.6) is 0 Å². The van der Waals surface area contributed by atoms with Gasteiger partial charge in [-0.25, -0.2) is 14.8 Å². The van der Waals surface area contributed by atoms with Crippen LogP contribution in [-0.2, 0) is 29.2 Å². The SMILES string of the molecule is CCn1c(=O)n(CCC(=O)OCc2nc(N)c3c(C)c(C)sc3n2)c2ccccc21. The Labute approximate surface area is 176 Å². The average Bonchev–Trinajstić information content (AvgIpc) is 3.17. The van der Waals surface area contributed by atoms with Gasteiger partial charge < -0.3 is 10.5 Å². The van der Waals surface area contributed by atoms with E-state index < -0.39 is 5.97 Å². The van der Waals surface area contributed by atoms with Crippen LogP contribution in [0.15, 0.2) is 29.1 Å². The van der Waals surface area contributed by atoms with Gasteiger partial charge in [0.1, 0.15) is 10.6 Å². The summed E-state index contributed by atoms with van der Waals surface area (Å²) >= 11 is 1.54. The fraction of sp³-hybridized carbons (Fsp3) is 0.333. The van der Waals surface area contributed by atoms with E-state index in [2.05, 4.69) is 9.97 Å². The highest BCUT2D eigenvalue weighted by atomic mass is 32.1. The Morgan fingerprint density at radius 2 is 1.87 bits per heavy atom. The van der Waals surface area contributed by atoms with Crippen LogP contribution in [0.3, 0.4) is 0 Å².